The molecule has 1 saturated heterocycles. The summed E-state index contributed by atoms with van der Waals surface area (Å²) in [5.41, 5.74) is 0. The average Bonchev–Trinajstić information content (AvgIpc) is 2.39. The van der Waals surface area contributed by atoms with Crippen LogP contribution < -0.4 is 0 Å². The quantitative estimate of drug-likeness (QED) is 0.552. The van der Waals surface area contributed by atoms with E-state index in [4.69, 9.17) is 11.6 Å². The summed E-state index contributed by atoms with van der Waals surface area (Å²) < 4.78 is 0. The Morgan fingerprint density at radius 2 is 2.13 bits per heavy atom. The molecule has 4 nitrogen and oxygen atoms in total. The topological polar surface area (TPSA) is 40.6 Å². The number of rotatable bonds is 3. The van der Waals surface area contributed by atoms with Gasteiger partial charge in [-0.05, 0) is 31.4 Å². The van der Waals surface area contributed by atoms with Crippen molar-refractivity contribution in [2.24, 2.45) is 0 Å². The summed E-state index contributed by atoms with van der Waals surface area (Å²) in [5.74, 6) is -0.0369. The standard InChI is InChI=1S/C10H17ClN2O2/c1-4-5-6-8-12(3)9(14)7(2)13(8)10(11)15/h7-8H,4-6H2,1-3H3/t7-,8?/m0/s1. The Morgan fingerprint density at radius 3 is 2.60 bits per heavy atom. The third-order valence-corrected chi connectivity index (χ3v) is 3.10. The fraction of sp³-hybridized carbons (Fsp3) is 0.800. The predicted molar refractivity (Wildman–Crippen MR) is 58.6 cm³/mol. The Balaban J connectivity index is 2.80. The average molecular weight is 233 g/mol. The lowest BCUT2D eigenvalue weighted by Crippen LogP contribution is -2.40. The number of likely N-dealkylation sites (N-methyl/N-ethyl adjacent to an activating group) is 1. The first-order chi connectivity index (χ1) is 7.00. The molecular weight excluding hydrogens is 216 g/mol. The molecule has 0 spiro atoms. The van der Waals surface area contributed by atoms with Gasteiger partial charge in [-0.2, -0.15) is 0 Å². The van der Waals surface area contributed by atoms with Crippen molar-refractivity contribution in [2.75, 3.05) is 7.05 Å². The Hall–Kier alpha value is -0.770. The highest BCUT2D eigenvalue weighted by molar-refractivity contribution is 6.63. The van der Waals surface area contributed by atoms with E-state index in [1.807, 2.05) is 0 Å². The first-order valence-corrected chi connectivity index (χ1v) is 5.63. The highest BCUT2D eigenvalue weighted by atomic mass is 35.5. The fourth-order valence-corrected chi connectivity index (χ4v) is 2.25. The Morgan fingerprint density at radius 1 is 1.53 bits per heavy atom. The molecule has 0 aliphatic carbocycles. The van der Waals surface area contributed by atoms with Crippen LogP contribution in [-0.4, -0.2) is 40.3 Å². The van der Waals surface area contributed by atoms with Crippen molar-refractivity contribution < 1.29 is 9.59 Å². The number of hydrogen-bond acceptors (Lipinski definition) is 2. The number of carbonyl (C=O) groups is 2. The lowest BCUT2D eigenvalue weighted by molar-refractivity contribution is -0.128. The van der Waals surface area contributed by atoms with Crippen molar-refractivity contribution >= 4 is 22.9 Å². The maximum Gasteiger partial charge on any atom is 0.318 e. The maximum absolute atomic E-state index is 11.7. The van der Waals surface area contributed by atoms with Gasteiger partial charge in [0.15, 0.2) is 0 Å². The van der Waals surface area contributed by atoms with Gasteiger partial charge in [0, 0.05) is 7.05 Å². The van der Waals surface area contributed by atoms with Crippen molar-refractivity contribution in [3.8, 4) is 0 Å². The summed E-state index contributed by atoms with van der Waals surface area (Å²) in [6.45, 7) is 3.79. The second kappa shape index (κ2) is 4.84. The minimum atomic E-state index is -0.540. The second-order valence-electron chi connectivity index (χ2n) is 3.91. The van der Waals surface area contributed by atoms with Gasteiger partial charge < -0.3 is 4.90 Å². The third-order valence-electron chi connectivity index (χ3n) is 2.91. The van der Waals surface area contributed by atoms with Gasteiger partial charge >= 0.3 is 5.37 Å². The molecule has 86 valence electrons. The lowest BCUT2D eigenvalue weighted by atomic mass is 10.2. The monoisotopic (exact) mass is 232 g/mol. The largest absolute Gasteiger partial charge is 0.323 e. The molecular formula is C10H17ClN2O2. The summed E-state index contributed by atoms with van der Waals surface area (Å²) in [6.07, 6.45) is 2.64. The molecule has 0 N–H and O–H groups in total. The van der Waals surface area contributed by atoms with Gasteiger partial charge in [-0.1, -0.05) is 13.3 Å². The van der Waals surface area contributed by atoms with Crippen LogP contribution in [0.25, 0.3) is 0 Å². The molecule has 2 atom stereocenters. The van der Waals surface area contributed by atoms with Crippen LogP contribution in [0.1, 0.15) is 33.1 Å². The SMILES string of the molecule is CCCCC1N(C)C(=O)[C@H](C)N1C(=O)Cl. The van der Waals surface area contributed by atoms with Gasteiger partial charge in [-0.25, -0.2) is 0 Å². The fourth-order valence-electron chi connectivity index (χ4n) is 1.99. The van der Waals surface area contributed by atoms with E-state index in [1.165, 1.54) is 4.90 Å². The van der Waals surface area contributed by atoms with Gasteiger partial charge in [0.2, 0.25) is 5.91 Å². The van der Waals surface area contributed by atoms with E-state index in [1.54, 1.807) is 18.9 Å². The number of nitrogens with zero attached hydrogens (tertiary/aromatic N) is 2. The van der Waals surface area contributed by atoms with E-state index < -0.39 is 11.4 Å². The van der Waals surface area contributed by atoms with E-state index >= 15 is 0 Å². The minimum absolute atomic E-state index is 0.0369. The summed E-state index contributed by atoms with van der Waals surface area (Å²) in [5, 5.41) is -0.540. The van der Waals surface area contributed by atoms with Crippen LogP contribution in [0.2, 0.25) is 0 Å². The molecule has 5 heteroatoms. The maximum atomic E-state index is 11.7. The highest BCUT2D eigenvalue weighted by Crippen LogP contribution is 2.25. The molecule has 1 aliphatic rings. The zero-order valence-electron chi connectivity index (χ0n) is 9.36. The smallest absolute Gasteiger partial charge is 0.318 e. The van der Waals surface area contributed by atoms with Crippen LogP contribution in [0.15, 0.2) is 0 Å². The number of halogens is 1. The molecule has 15 heavy (non-hydrogen) atoms. The normalized spacial score (nSPS) is 26.3. The minimum Gasteiger partial charge on any atom is -0.323 e. The second-order valence-corrected chi connectivity index (χ2v) is 4.23. The first-order valence-electron chi connectivity index (χ1n) is 5.25. The Labute approximate surface area is 95.2 Å². The van der Waals surface area contributed by atoms with Crippen LogP contribution in [0.3, 0.4) is 0 Å². The van der Waals surface area contributed by atoms with Crippen molar-refractivity contribution in [3.63, 3.8) is 0 Å². The number of carbonyl (C=O) groups excluding carboxylic acids is 2. The number of hydrogen-bond donors (Lipinski definition) is 0. The predicted octanol–water partition coefficient (Wildman–Crippen LogP) is 2.02. The third kappa shape index (κ3) is 2.25. The molecule has 0 aromatic heterocycles. The van der Waals surface area contributed by atoms with Gasteiger partial charge in [0.1, 0.15) is 12.2 Å². The highest BCUT2D eigenvalue weighted by Gasteiger charge is 2.43. The molecule has 1 unspecified atom stereocenters. The molecule has 0 bridgehead atoms. The van der Waals surface area contributed by atoms with Crippen molar-refractivity contribution in [1.29, 1.82) is 0 Å². The molecule has 2 amide bonds. The zero-order chi connectivity index (χ0) is 11.6. The molecule has 0 saturated carbocycles. The van der Waals surface area contributed by atoms with Gasteiger partial charge in [0.25, 0.3) is 0 Å². The number of unbranched alkanes of at least 4 members (excludes halogenated alkanes) is 1. The summed E-state index contributed by atoms with van der Waals surface area (Å²) >= 11 is 5.49. The molecule has 1 aliphatic heterocycles. The number of amides is 2. The van der Waals surface area contributed by atoms with Crippen LogP contribution >= 0.6 is 11.6 Å². The van der Waals surface area contributed by atoms with Gasteiger partial charge in [-0.3, -0.25) is 14.5 Å². The van der Waals surface area contributed by atoms with Crippen LogP contribution in [0.5, 0.6) is 0 Å². The molecule has 1 fully saturated rings. The van der Waals surface area contributed by atoms with Crippen molar-refractivity contribution in [3.05, 3.63) is 0 Å². The van der Waals surface area contributed by atoms with Crippen molar-refractivity contribution in [2.45, 2.75) is 45.3 Å². The summed E-state index contributed by atoms with van der Waals surface area (Å²) in [7, 11) is 1.72. The van der Waals surface area contributed by atoms with Crippen LogP contribution in [-0.2, 0) is 4.79 Å². The van der Waals surface area contributed by atoms with Crippen LogP contribution in [0, 0.1) is 0 Å². The molecule has 0 radical (unpaired) electrons. The summed E-state index contributed by atoms with van der Waals surface area (Å²) in [6, 6.07) is -0.429. The van der Waals surface area contributed by atoms with Gasteiger partial charge in [-0.15, -0.1) is 0 Å². The van der Waals surface area contributed by atoms with E-state index in [0.29, 0.717) is 0 Å². The van der Waals surface area contributed by atoms with E-state index in [2.05, 4.69) is 6.92 Å². The zero-order valence-corrected chi connectivity index (χ0v) is 10.1. The van der Waals surface area contributed by atoms with Crippen LogP contribution in [0.4, 0.5) is 4.79 Å². The molecule has 0 aromatic carbocycles. The molecule has 1 heterocycles. The Bertz CT molecular complexity index is 270. The molecule has 1 rings (SSSR count). The molecule has 0 aromatic rings. The van der Waals surface area contributed by atoms with E-state index in [-0.39, 0.29) is 12.1 Å². The van der Waals surface area contributed by atoms with E-state index in [0.717, 1.165) is 19.3 Å². The Kier molecular flexibility index (Phi) is 3.97. The summed E-state index contributed by atoms with van der Waals surface area (Å²) in [4.78, 5) is 26.0. The van der Waals surface area contributed by atoms with Crippen molar-refractivity contribution in [1.82, 2.24) is 9.80 Å². The lowest BCUT2D eigenvalue weighted by Gasteiger charge is -2.26. The van der Waals surface area contributed by atoms with Gasteiger partial charge in [0.05, 0.1) is 0 Å². The van der Waals surface area contributed by atoms with E-state index in [9.17, 15) is 9.59 Å². The first kappa shape index (κ1) is 12.3.